The first-order valence-corrected chi connectivity index (χ1v) is 11.5. The number of hydrogen-bond acceptors (Lipinski definition) is 3. The van der Waals surface area contributed by atoms with Crippen LogP contribution in [0, 0.1) is 0 Å². The van der Waals surface area contributed by atoms with Gasteiger partial charge in [-0.15, -0.1) is 0 Å². The Bertz CT molecular complexity index is 1250. The maximum Gasteiger partial charge on any atom is 0.174 e. The molecular weight excluding hydrogens is 450 g/mol. The van der Waals surface area contributed by atoms with Crippen molar-refractivity contribution in [3.63, 3.8) is 0 Å². The number of hydrogen-bond donors (Lipinski definition) is 1. The van der Waals surface area contributed by atoms with Gasteiger partial charge in [-0.05, 0) is 85.0 Å². The van der Waals surface area contributed by atoms with Crippen molar-refractivity contribution in [3.8, 4) is 5.69 Å². The molecule has 2 aromatic heterocycles. The van der Waals surface area contributed by atoms with Gasteiger partial charge >= 0.3 is 0 Å². The summed E-state index contributed by atoms with van der Waals surface area (Å²) in [5, 5.41) is 4.87. The first kappa shape index (κ1) is 21.5. The molecule has 4 aromatic rings. The molecule has 5 rings (SSSR count). The summed E-state index contributed by atoms with van der Waals surface area (Å²) in [7, 11) is 4.09. The Labute approximate surface area is 204 Å². The van der Waals surface area contributed by atoms with Gasteiger partial charge in [-0.1, -0.05) is 17.7 Å². The Kier molecular flexibility index (Phi) is 5.79. The zero-order chi connectivity index (χ0) is 22.9. The van der Waals surface area contributed by atoms with Crippen molar-refractivity contribution in [2.75, 3.05) is 23.9 Å². The molecule has 1 saturated heterocycles. The van der Waals surface area contributed by atoms with Gasteiger partial charge in [0.25, 0.3) is 0 Å². The second-order valence-electron chi connectivity index (χ2n) is 8.19. The Hall–Kier alpha value is -3.35. The van der Waals surface area contributed by atoms with Crippen LogP contribution in [0.25, 0.3) is 5.69 Å². The number of rotatable bonds is 5. The minimum absolute atomic E-state index is 0.0999. The Morgan fingerprint density at radius 1 is 0.909 bits per heavy atom. The average Bonchev–Trinajstić information content (AvgIpc) is 3.44. The first-order valence-electron chi connectivity index (χ1n) is 10.7. The van der Waals surface area contributed by atoms with Gasteiger partial charge in [-0.3, -0.25) is 4.98 Å². The molecule has 0 radical (unpaired) electrons. The molecular formula is C26H24ClN5S. The van der Waals surface area contributed by atoms with Gasteiger partial charge in [-0.25, -0.2) is 0 Å². The lowest BCUT2D eigenvalue weighted by Crippen LogP contribution is -2.30. The van der Waals surface area contributed by atoms with E-state index >= 15 is 0 Å². The molecule has 2 unspecified atom stereocenters. The molecule has 3 heterocycles. The molecule has 2 aromatic carbocycles. The van der Waals surface area contributed by atoms with E-state index in [-0.39, 0.29) is 12.1 Å². The Morgan fingerprint density at radius 3 is 2.30 bits per heavy atom. The van der Waals surface area contributed by atoms with Crippen LogP contribution in [0.4, 0.5) is 11.4 Å². The highest BCUT2D eigenvalue weighted by atomic mass is 35.5. The number of nitrogens with zero attached hydrogens (tertiary/aromatic N) is 4. The fourth-order valence-corrected chi connectivity index (χ4v) is 4.79. The fraction of sp³-hybridized carbons (Fsp3) is 0.154. The third-order valence-electron chi connectivity index (χ3n) is 5.93. The second-order valence-corrected chi connectivity index (χ2v) is 9.01. The summed E-state index contributed by atoms with van der Waals surface area (Å²) in [6.07, 6.45) is 3.91. The van der Waals surface area contributed by atoms with Crippen LogP contribution >= 0.6 is 23.8 Å². The van der Waals surface area contributed by atoms with Crippen molar-refractivity contribution < 1.29 is 0 Å². The van der Waals surface area contributed by atoms with Crippen LogP contribution in [0.5, 0.6) is 0 Å². The fourth-order valence-electron chi connectivity index (χ4n) is 4.32. The highest BCUT2D eigenvalue weighted by molar-refractivity contribution is 7.80. The number of thiocarbonyl (C=S) groups is 1. The van der Waals surface area contributed by atoms with E-state index in [1.165, 1.54) is 0 Å². The SMILES string of the molecule is CN(C)c1ccc(-n2cccc2C2C(c3ccccn3)NC(=S)N2c2ccc(Cl)cc2)cc1. The molecule has 0 spiro atoms. The molecule has 0 saturated carbocycles. The number of pyridine rings is 1. The molecule has 0 aliphatic carbocycles. The topological polar surface area (TPSA) is 36.3 Å². The molecule has 7 heteroatoms. The molecule has 2 atom stereocenters. The first-order chi connectivity index (χ1) is 16.0. The Balaban J connectivity index is 1.63. The normalized spacial score (nSPS) is 17.8. The van der Waals surface area contributed by atoms with E-state index in [4.69, 9.17) is 23.8 Å². The summed E-state index contributed by atoms with van der Waals surface area (Å²) in [6, 6.07) is 26.3. The standard InChI is InChI=1S/C26H24ClN5S/c1-30(2)19-12-14-20(15-13-19)31-17-5-7-23(31)25-24(22-6-3-4-16-28-22)29-26(33)32(25)21-10-8-18(27)9-11-21/h3-17,24-25H,1-2H3,(H,29,33). The van der Waals surface area contributed by atoms with Crippen molar-refractivity contribution in [2.45, 2.75) is 12.1 Å². The summed E-state index contributed by atoms with van der Waals surface area (Å²) < 4.78 is 2.22. The molecule has 1 fully saturated rings. The third kappa shape index (κ3) is 4.08. The van der Waals surface area contributed by atoms with Gasteiger partial charge in [0.15, 0.2) is 5.11 Å². The zero-order valence-corrected chi connectivity index (χ0v) is 20.0. The molecule has 1 aliphatic heterocycles. The summed E-state index contributed by atoms with van der Waals surface area (Å²) in [4.78, 5) is 8.90. The number of benzene rings is 2. The molecule has 0 bridgehead atoms. The van der Waals surface area contributed by atoms with Crippen LogP contribution < -0.4 is 15.1 Å². The molecule has 5 nitrogen and oxygen atoms in total. The highest BCUT2D eigenvalue weighted by Crippen LogP contribution is 2.42. The molecule has 1 aliphatic rings. The minimum Gasteiger partial charge on any atom is -0.378 e. The van der Waals surface area contributed by atoms with Crippen LogP contribution in [0.15, 0.2) is 91.3 Å². The largest absolute Gasteiger partial charge is 0.378 e. The predicted octanol–water partition coefficient (Wildman–Crippen LogP) is 5.77. The lowest BCUT2D eigenvalue weighted by Gasteiger charge is -2.29. The maximum absolute atomic E-state index is 6.17. The summed E-state index contributed by atoms with van der Waals surface area (Å²) in [6.45, 7) is 0. The van der Waals surface area contributed by atoms with Gasteiger partial charge in [0.05, 0.1) is 11.7 Å². The van der Waals surface area contributed by atoms with Gasteiger partial charge in [0, 0.05) is 54.3 Å². The van der Waals surface area contributed by atoms with E-state index in [1.54, 1.807) is 0 Å². The van der Waals surface area contributed by atoms with Crippen molar-refractivity contribution in [2.24, 2.45) is 0 Å². The third-order valence-corrected chi connectivity index (χ3v) is 6.50. The maximum atomic E-state index is 6.17. The monoisotopic (exact) mass is 473 g/mol. The quantitative estimate of drug-likeness (QED) is 0.372. The van der Waals surface area contributed by atoms with E-state index in [1.807, 2.05) is 62.8 Å². The van der Waals surface area contributed by atoms with Gasteiger partial charge < -0.3 is 19.7 Å². The van der Waals surface area contributed by atoms with Crippen molar-refractivity contribution in [1.29, 1.82) is 0 Å². The average molecular weight is 474 g/mol. The van der Waals surface area contributed by atoms with E-state index in [2.05, 4.69) is 67.3 Å². The van der Waals surface area contributed by atoms with Crippen molar-refractivity contribution in [1.82, 2.24) is 14.9 Å². The second kappa shape index (κ2) is 8.89. The van der Waals surface area contributed by atoms with E-state index in [0.29, 0.717) is 10.1 Å². The van der Waals surface area contributed by atoms with Crippen molar-refractivity contribution in [3.05, 3.63) is 108 Å². The number of halogens is 1. The number of anilines is 2. The minimum atomic E-state index is -0.107. The van der Waals surface area contributed by atoms with E-state index in [9.17, 15) is 0 Å². The predicted molar refractivity (Wildman–Crippen MR) is 139 cm³/mol. The van der Waals surface area contributed by atoms with Crippen LogP contribution in [-0.2, 0) is 0 Å². The van der Waals surface area contributed by atoms with Crippen LogP contribution in [0.1, 0.15) is 23.5 Å². The number of nitrogens with one attached hydrogen (secondary N) is 1. The molecule has 166 valence electrons. The van der Waals surface area contributed by atoms with E-state index < -0.39 is 0 Å². The summed E-state index contributed by atoms with van der Waals surface area (Å²) in [5.41, 5.74) is 5.29. The van der Waals surface area contributed by atoms with Gasteiger partial charge in [-0.2, -0.15) is 0 Å². The Morgan fingerprint density at radius 2 is 1.64 bits per heavy atom. The molecule has 1 N–H and O–H groups in total. The smallest absolute Gasteiger partial charge is 0.174 e. The number of aromatic nitrogens is 2. The lowest BCUT2D eigenvalue weighted by molar-refractivity contribution is 0.549. The van der Waals surface area contributed by atoms with Crippen molar-refractivity contribution >= 4 is 40.3 Å². The highest BCUT2D eigenvalue weighted by Gasteiger charge is 2.42. The van der Waals surface area contributed by atoms with Crippen LogP contribution in [0.2, 0.25) is 5.02 Å². The summed E-state index contributed by atoms with van der Waals surface area (Å²) >= 11 is 12.0. The van der Waals surface area contributed by atoms with E-state index in [0.717, 1.165) is 28.5 Å². The summed E-state index contributed by atoms with van der Waals surface area (Å²) in [5.74, 6) is 0. The zero-order valence-electron chi connectivity index (χ0n) is 18.4. The van der Waals surface area contributed by atoms with Gasteiger partial charge in [0.2, 0.25) is 0 Å². The lowest BCUT2D eigenvalue weighted by atomic mass is 10.0. The van der Waals surface area contributed by atoms with Crippen LogP contribution in [-0.4, -0.2) is 28.8 Å². The molecule has 33 heavy (non-hydrogen) atoms. The van der Waals surface area contributed by atoms with Gasteiger partial charge in [0.1, 0.15) is 6.04 Å². The van der Waals surface area contributed by atoms with Crippen LogP contribution in [0.3, 0.4) is 0 Å². The molecule has 0 amide bonds.